The lowest BCUT2D eigenvalue weighted by Gasteiger charge is -2.27. The second-order valence-electron chi connectivity index (χ2n) is 7.36. The number of likely N-dealkylation sites (tertiary alicyclic amines) is 1. The summed E-state index contributed by atoms with van der Waals surface area (Å²) < 4.78 is 1.51. The van der Waals surface area contributed by atoms with Crippen LogP contribution in [0.5, 0.6) is 0 Å². The molecule has 2 aromatic rings. The summed E-state index contributed by atoms with van der Waals surface area (Å²) >= 11 is 0. The second kappa shape index (κ2) is 8.01. The van der Waals surface area contributed by atoms with Crippen LogP contribution >= 0.6 is 0 Å². The van der Waals surface area contributed by atoms with E-state index in [-0.39, 0.29) is 11.5 Å². The van der Waals surface area contributed by atoms with E-state index in [4.69, 9.17) is 11.5 Å². The number of hydrogen-bond acceptors (Lipinski definition) is 5. The smallest absolute Gasteiger partial charge is 0.354 e. The number of rotatable bonds is 6. The average molecular weight is 355 g/mol. The van der Waals surface area contributed by atoms with Gasteiger partial charge < -0.3 is 11.5 Å². The van der Waals surface area contributed by atoms with Gasteiger partial charge in [0.25, 0.3) is 0 Å². The summed E-state index contributed by atoms with van der Waals surface area (Å²) in [4.78, 5) is 18.3. The molecule has 26 heavy (non-hydrogen) atoms. The van der Waals surface area contributed by atoms with Gasteiger partial charge in [-0.25, -0.2) is 4.79 Å². The van der Waals surface area contributed by atoms with Gasteiger partial charge in [0.1, 0.15) is 5.82 Å². The maximum Gasteiger partial charge on any atom is 0.354 e. The molecule has 0 radical (unpaired) electrons. The van der Waals surface area contributed by atoms with Crippen LogP contribution < -0.4 is 17.2 Å². The molecule has 2 unspecified atom stereocenters. The van der Waals surface area contributed by atoms with Crippen molar-refractivity contribution in [1.82, 2.24) is 14.5 Å². The number of nitrogens with zero attached hydrogens (tertiary/aromatic N) is 3. The van der Waals surface area contributed by atoms with Crippen LogP contribution in [0.15, 0.2) is 41.3 Å². The van der Waals surface area contributed by atoms with E-state index in [0.29, 0.717) is 17.9 Å². The second-order valence-corrected chi connectivity index (χ2v) is 7.36. The summed E-state index contributed by atoms with van der Waals surface area (Å²) in [6.45, 7) is 7.55. The topological polar surface area (TPSA) is 90.2 Å². The Morgan fingerprint density at radius 3 is 2.54 bits per heavy atom. The largest absolute Gasteiger partial charge is 0.383 e. The lowest BCUT2D eigenvalue weighted by molar-refractivity contribution is 0.224. The van der Waals surface area contributed by atoms with Crippen molar-refractivity contribution >= 4 is 5.82 Å². The first-order valence-corrected chi connectivity index (χ1v) is 9.40. The van der Waals surface area contributed by atoms with Crippen molar-refractivity contribution in [1.29, 1.82) is 0 Å². The van der Waals surface area contributed by atoms with E-state index < -0.39 is 0 Å². The third kappa shape index (κ3) is 3.97. The highest BCUT2D eigenvalue weighted by molar-refractivity contribution is 5.36. The lowest BCUT2D eigenvalue weighted by atomic mass is 9.99. The van der Waals surface area contributed by atoms with Gasteiger partial charge in [0.15, 0.2) is 0 Å². The van der Waals surface area contributed by atoms with Gasteiger partial charge in [-0.15, -0.1) is 0 Å². The molecule has 1 aromatic heterocycles. The first-order valence-electron chi connectivity index (χ1n) is 9.40. The summed E-state index contributed by atoms with van der Waals surface area (Å²) in [7, 11) is 0. The fourth-order valence-corrected chi connectivity index (χ4v) is 3.89. The molecule has 1 aromatic carbocycles. The Morgan fingerprint density at radius 2 is 1.96 bits per heavy atom. The zero-order valence-electron chi connectivity index (χ0n) is 15.6. The van der Waals surface area contributed by atoms with E-state index in [9.17, 15) is 4.79 Å². The standard InChI is InChI=1S/C20H29N5O/c1-3-17(24-12-14(2)16(11-21)13-24)10-15-4-6-18(7-5-15)25-9-8-19(22)23-20(25)26/h4-9,14,16-17H,3,10-13,21H2,1-2H3,(H2,22,23,26)/t14?,16-,17?/m1/s1. The molecule has 6 nitrogen and oxygen atoms in total. The first kappa shape index (κ1) is 18.6. The maximum atomic E-state index is 12.0. The van der Waals surface area contributed by atoms with E-state index in [1.165, 1.54) is 10.1 Å². The van der Waals surface area contributed by atoms with Crippen LogP contribution in [0, 0.1) is 11.8 Å². The van der Waals surface area contributed by atoms with Crippen molar-refractivity contribution in [3.8, 4) is 5.69 Å². The van der Waals surface area contributed by atoms with Crippen LogP contribution in [0.25, 0.3) is 5.69 Å². The Bertz CT molecular complexity index is 786. The molecule has 3 atom stereocenters. The molecule has 0 amide bonds. The third-order valence-corrected chi connectivity index (χ3v) is 5.60. The summed E-state index contributed by atoms with van der Waals surface area (Å²) in [6, 6.07) is 10.3. The summed E-state index contributed by atoms with van der Waals surface area (Å²) in [5.74, 6) is 1.52. The Hall–Kier alpha value is -2.18. The van der Waals surface area contributed by atoms with Crippen molar-refractivity contribution in [2.75, 3.05) is 25.4 Å². The molecule has 1 aliphatic heterocycles. The van der Waals surface area contributed by atoms with Crippen LogP contribution in [0.4, 0.5) is 5.82 Å². The molecule has 0 bridgehead atoms. The Morgan fingerprint density at radius 1 is 1.23 bits per heavy atom. The van der Waals surface area contributed by atoms with Crippen LogP contribution in [0.2, 0.25) is 0 Å². The van der Waals surface area contributed by atoms with Crippen molar-refractivity contribution in [2.45, 2.75) is 32.7 Å². The molecule has 1 aliphatic rings. The van der Waals surface area contributed by atoms with E-state index in [0.717, 1.165) is 38.2 Å². The quantitative estimate of drug-likeness (QED) is 0.822. The molecular weight excluding hydrogens is 326 g/mol. The molecule has 6 heteroatoms. The molecule has 3 rings (SSSR count). The molecule has 1 fully saturated rings. The number of benzene rings is 1. The van der Waals surface area contributed by atoms with E-state index in [1.54, 1.807) is 12.3 Å². The van der Waals surface area contributed by atoms with E-state index in [2.05, 4.69) is 35.9 Å². The van der Waals surface area contributed by atoms with Crippen molar-refractivity contribution in [2.24, 2.45) is 17.6 Å². The van der Waals surface area contributed by atoms with Gasteiger partial charge in [0.05, 0.1) is 5.69 Å². The molecule has 0 saturated carbocycles. The molecule has 1 saturated heterocycles. The highest BCUT2D eigenvalue weighted by atomic mass is 16.1. The zero-order valence-corrected chi connectivity index (χ0v) is 15.6. The van der Waals surface area contributed by atoms with Gasteiger partial charge in [-0.05, 0) is 55.0 Å². The normalized spacial score (nSPS) is 21.8. The van der Waals surface area contributed by atoms with Gasteiger partial charge in [-0.1, -0.05) is 26.0 Å². The van der Waals surface area contributed by atoms with Gasteiger partial charge in [0.2, 0.25) is 0 Å². The minimum absolute atomic E-state index is 0.240. The lowest BCUT2D eigenvalue weighted by Crippen LogP contribution is -2.35. The first-order chi connectivity index (χ1) is 12.5. The van der Waals surface area contributed by atoms with Gasteiger partial charge in [-0.3, -0.25) is 9.47 Å². The predicted molar refractivity (Wildman–Crippen MR) is 105 cm³/mol. The predicted octanol–water partition coefficient (Wildman–Crippen LogP) is 1.66. The Balaban J connectivity index is 1.71. The van der Waals surface area contributed by atoms with Crippen LogP contribution in [0.1, 0.15) is 25.8 Å². The summed E-state index contributed by atoms with van der Waals surface area (Å²) in [6.07, 6.45) is 3.79. The van der Waals surface area contributed by atoms with Crippen LogP contribution in [-0.4, -0.2) is 40.1 Å². The zero-order chi connectivity index (χ0) is 18.7. The number of anilines is 1. The van der Waals surface area contributed by atoms with Gasteiger partial charge >= 0.3 is 5.69 Å². The molecule has 2 heterocycles. The van der Waals surface area contributed by atoms with Crippen molar-refractivity contribution < 1.29 is 0 Å². The minimum Gasteiger partial charge on any atom is -0.383 e. The average Bonchev–Trinajstić information content (AvgIpc) is 3.01. The maximum absolute atomic E-state index is 12.0. The van der Waals surface area contributed by atoms with Gasteiger partial charge in [0, 0.05) is 25.3 Å². The Labute approximate surface area is 154 Å². The molecule has 4 N–H and O–H groups in total. The number of nitrogen functional groups attached to an aromatic ring is 1. The Kier molecular flexibility index (Phi) is 5.74. The third-order valence-electron chi connectivity index (χ3n) is 5.60. The molecule has 0 aliphatic carbocycles. The fraction of sp³-hybridized carbons (Fsp3) is 0.500. The van der Waals surface area contributed by atoms with E-state index >= 15 is 0 Å². The van der Waals surface area contributed by atoms with Crippen molar-refractivity contribution in [3.63, 3.8) is 0 Å². The number of aromatic nitrogens is 2. The monoisotopic (exact) mass is 355 g/mol. The summed E-state index contributed by atoms with van der Waals surface area (Å²) in [5, 5.41) is 0. The van der Waals surface area contributed by atoms with Gasteiger partial charge in [-0.2, -0.15) is 4.98 Å². The highest BCUT2D eigenvalue weighted by Crippen LogP contribution is 2.26. The van der Waals surface area contributed by atoms with E-state index in [1.807, 2.05) is 12.1 Å². The molecular formula is C20H29N5O. The highest BCUT2D eigenvalue weighted by Gasteiger charge is 2.32. The minimum atomic E-state index is -0.358. The van der Waals surface area contributed by atoms with Crippen molar-refractivity contribution in [3.05, 3.63) is 52.6 Å². The number of nitrogens with two attached hydrogens (primary N) is 2. The van der Waals surface area contributed by atoms with Crippen LogP contribution in [-0.2, 0) is 6.42 Å². The number of hydrogen-bond donors (Lipinski definition) is 2. The fourth-order valence-electron chi connectivity index (χ4n) is 3.89. The summed E-state index contributed by atoms with van der Waals surface area (Å²) in [5.41, 5.74) is 13.2. The molecule has 0 spiro atoms. The SMILES string of the molecule is CCC(Cc1ccc(-n2ccc(N)nc2=O)cc1)N1CC(C)[C@H](CN)C1. The molecule has 140 valence electrons. The van der Waals surface area contributed by atoms with Crippen LogP contribution in [0.3, 0.4) is 0 Å².